The van der Waals surface area contributed by atoms with Crippen LogP contribution in [0, 0.1) is 0 Å². The van der Waals surface area contributed by atoms with Crippen molar-refractivity contribution in [3.63, 3.8) is 0 Å². The maximum atomic E-state index is 12.5. The van der Waals surface area contributed by atoms with E-state index in [9.17, 15) is 9.59 Å². The number of rotatable bonds is 4. The molecule has 0 N–H and O–H groups in total. The zero-order chi connectivity index (χ0) is 18.1. The van der Waals surface area contributed by atoms with Crippen LogP contribution in [0.2, 0.25) is 0 Å². The molecule has 0 bridgehead atoms. The number of benzene rings is 1. The predicted octanol–water partition coefficient (Wildman–Crippen LogP) is 3.13. The van der Waals surface area contributed by atoms with Gasteiger partial charge < -0.3 is 18.5 Å². The van der Waals surface area contributed by atoms with Crippen molar-refractivity contribution in [2.24, 2.45) is 0 Å². The zero-order valence-corrected chi connectivity index (χ0v) is 14.8. The molecule has 0 spiro atoms. The van der Waals surface area contributed by atoms with E-state index in [1.807, 2.05) is 18.2 Å². The van der Waals surface area contributed by atoms with Gasteiger partial charge in [-0.15, -0.1) is 11.8 Å². The van der Waals surface area contributed by atoms with Crippen LogP contribution in [0.1, 0.15) is 23.9 Å². The van der Waals surface area contributed by atoms with Crippen LogP contribution in [0.5, 0.6) is 0 Å². The van der Waals surface area contributed by atoms with Crippen molar-refractivity contribution >= 4 is 34.7 Å². The van der Waals surface area contributed by atoms with Gasteiger partial charge in [0.2, 0.25) is 11.8 Å². The van der Waals surface area contributed by atoms with Gasteiger partial charge in [0.15, 0.2) is 12.2 Å². The molecule has 0 unspecified atom stereocenters. The standard InChI is InChI=1S/C18H16N2O5S/c1-11(21)20-13(10-26-17(20)15-7-4-8-23-15)18(22)24-9-16-19-12-5-2-3-6-14(12)25-16/h2-8,13,17H,9-10H2,1H3/t13-,17-/m1/s1. The van der Waals surface area contributed by atoms with E-state index in [1.54, 1.807) is 24.5 Å². The number of hydrogen-bond acceptors (Lipinski definition) is 7. The van der Waals surface area contributed by atoms with Crippen molar-refractivity contribution in [1.29, 1.82) is 0 Å². The van der Waals surface area contributed by atoms with Crippen LogP contribution < -0.4 is 0 Å². The zero-order valence-electron chi connectivity index (χ0n) is 14.0. The summed E-state index contributed by atoms with van der Waals surface area (Å²) in [4.78, 5) is 30.4. The molecular formula is C18H16N2O5S. The van der Waals surface area contributed by atoms with Gasteiger partial charge in [-0.3, -0.25) is 4.79 Å². The lowest BCUT2D eigenvalue weighted by Gasteiger charge is -2.25. The molecule has 7 nitrogen and oxygen atoms in total. The van der Waals surface area contributed by atoms with E-state index in [-0.39, 0.29) is 17.9 Å². The molecule has 2 aromatic heterocycles. The van der Waals surface area contributed by atoms with Crippen LogP contribution in [-0.4, -0.2) is 33.6 Å². The van der Waals surface area contributed by atoms with Gasteiger partial charge in [0.05, 0.1) is 6.26 Å². The number of thioether (sulfide) groups is 1. The number of carbonyl (C=O) groups excluding carboxylic acids is 2. The summed E-state index contributed by atoms with van der Waals surface area (Å²) in [5, 5.41) is -0.329. The Hall–Kier alpha value is -2.74. The normalized spacial score (nSPS) is 19.8. The Balaban J connectivity index is 1.46. The number of para-hydroxylation sites is 2. The summed E-state index contributed by atoms with van der Waals surface area (Å²) >= 11 is 1.47. The summed E-state index contributed by atoms with van der Waals surface area (Å²) in [6.07, 6.45) is 1.55. The first-order chi connectivity index (χ1) is 12.6. The highest BCUT2D eigenvalue weighted by Gasteiger charge is 2.43. The van der Waals surface area contributed by atoms with Gasteiger partial charge in [0, 0.05) is 12.7 Å². The van der Waals surface area contributed by atoms with E-state index in [1.165, 1.54) is 23.6 Å². The molecule has 1 saturated heterocycles. The first kappa shape index (κ1) is 16.7. The Bertz CT molecular complexity index is 903. The van der Waals surface area contributed by atoms with E-state index in [2.05, 4.69) is 4.98 Å². The highest BCUT2D eigenvalue weighted by Crippen LogP contribution is 2.41. The van der Waals surface area contributed by atoms with Gasteiger partial charge in [0.25, 0.3) is 0 Å². The average Bonchev–Trinajstić information content (AvgIpc) is 3.37. The fourth-order valence-corrected chi connectivity index (χ4v) is 4.35. The molecule has 1 amide bonds. The molecule has 2 atom stereocenters. The van der Waals surface area contributed by atoms with Gasteiger partial charge in [0.1, 0.15) is 22.7 Å². The summed E-state index contributed by atoms with van der Waals surface area (Å²) in [6.45, 7) is 1.36. The summed E-state index contributed by atoms with van der Waals surface area (Å²) in [6, 6.07) is 10.2. The van der Waals surface area contributed by atoms with Gasteiger partial charge in [-0.1, -0.05) is 12.1 Å². The molecule has 0 aliphatic carbocycles. The molecule has 1 aliphatic heterocycles. The molecule has 0 radical (unpaired) electrons. The van der Waals surface area contributed by atoms with Gasteiger partial charge in [-0.05, 0) is 24.3 Å². The molecule has 3 aromatic rings. The molecule has 1 fully saturated rings. The summed E-state index contributed by atoms with van der Waals surface area (Å²) in [7, 11) is 0. The van der Waals surface area contributed by atoms with E-state index in [0.29, 0.717) is 28.5 Å². The van der Waals surface area contributed by atoms with E-state index >= 15 is 0 Å². The highest BCUT2D eigenvalue weighted by atomic mass is 32.2. The lowest BCUT2D eigenvalue weighted by Crippen LogP contribution is -2.42. The van der Waals surface area contributed by atoms with Crippen molar-refractivity contribution in [3.8, 4) is 0 Å². The second kappa shape index (κ2) is 6.87. The first-order valence-corrected chi connectivity index (χ1v) is 9.13. The summed E-state index contributed by atoms with van der Waals surface area (Å²) in [5.41, 5.74) is 1.34. The number of aromatic nitrogens is 1. The van der Waals surface area contributed by atoms with E-state index in [0.717, 1.165) is 0 Å². The van der Waals surface area contributed by atoms with Crippen molar-refractivity contribution in [2.45, 2.75) is 24.9 Å². The number of nitrogens with zero attached hydrogens (tertiary/aromatic N) is 2. The highest BCUT2D eigenvalue weighted by molar-refractivity contribution is 7.99. The number of ether oxygens (including phenoxy) is 1. The number of carbonyl (C=O) groups is 2. The number of amides is 1. The predicted molar refractivity (Wildman–Crippen MR) is 94.0 cm³/mol. The number of fused-ring (bicyclic) bond motifs is 1. The van der Waals surface area contributed by atoms with Crippen LogP contribution >= 0.6 is 11.8 Å². The Morgan fingerprint density at radius 1 is 1.31 bits per heavy atom. The number of oxazole rings is 1. The molecule has 8 heteroatoms. The van der Waals surface area contributed by atoms with Crippen LogP contribution in [0.15, 0.2) is 51.5 Å². The molecule has 1 aromatic carbocycles. The Kier molecular flexibility index (Phi) is 4.42. The smallest absolute Gasteiger partial charge is 0.330 e. The maximum absolute atomic E-state index is 12.5. The quantitative estimate of drug-likeness (QED) is 0.650. The van der Waals surface area contributed by atoms with Crippen LogP contribution in [0.25, 0.3) is 11.1 Å². The summed E-state index contributed by atoms with van der Waals surface area (Å²) in [5.74, 6) is 0.711. The third-order valence-corrected chi connectivity index (χ3v) is 5.38. The second-order valence-corrected chi connectivity index (χ2v) is 6.94. The van der Waals surface area contributed by atoms with Crippen molar-refractivity contribution in [3.05, 3.63) is 54.3 Å². The third kappa shape index (κ3) is 3.08. The maximum Gasteiger partial charge on any atom is 0.330 e. The SMILES string of the molecule is CC(=O)N1[C@@H](C(=O)OCc2nc3ccccc3o2)CS[C@@H]1c1ccco1. The number of furan rings is 1. The largest absolute Gasteiger partial charge is 0.466 e. The van der Waals surface area contributed by atoms with Crippen molar-refractivity contribution < 1.29 is 23.2 Å². The minimum atomic E-state index is -0.669. The van der Waals surface area contributed by atoms with Crippen LogP contribution in [-0.2, 0) is 20.9 Å². The lowest BCUT2D eigenvalue weighted by molar-refractivity contribution is -0.155. The van der Waals surface area contributed by atoms with Gasteiger partial charge >= 0.3 is 5.97 Å². The fraction of sp³-hybridized carbons (Fsp3) is 0.278. The second-order valence-electron chi connectivity index (χ2n) is 5.83. The van der Waals surface area contributed by atoms with E-state index < -0.39 is 12.0 Å². The third-order valence-electron chi connectivity index (χ3n) is 4.10. The Labute approximate surface area is 153 Å². The molecule has 0 saturated carbocycles. The van der Waals surface area contributed by atoms with E-state index in [4.69, 9.17) is 13.6 Å². The number of esters is 1. The fourth-order valence-electron chi connectivity index (χ4n) is 2.93. The average molecular weight is 372 g/mol. The summed E-state index contributed by atoms with van der Waals surface area (Å²) < 4.78 is 16.3. The topological polar surface area (TPSA) is 85.8 Å². The van der Waals surface area contributed by atoms with Crippen LogP contribution in [0.3, 0.4) is 0 Å². The Morgan fingerprint density at radius 3 is 2.88 bits per heavy atom. The van der Waals surface area contributed by atoms with Gasteiger partial charge in [-0.25, -0.2) is 9.78 Å². The van der Waals surface area contributed by atoms with Crippen molar-refractivity contribution in [1.82, 2.24) is 9.88 Å². The molecule has 134 valence electrons. The molecule has 3 heterocycles. The van der Waals surface area contributed by atoms with Gasteiger partial charge in [-0.2, -0.15) is 0 Å². The minimum absolute atomic E-state index is 0.0775. The molecule has 26 heavy (non-hydrogen) atoms. The monoisotopic (exact) mass is 372 g/mol. The molecule has 4 rings (SSSR count). The van der Waals surface area contributed by atoms with Crippen molar-refractivity contribution in [2.75, 3.05) is 5.75 Å². The lowest BCUT2D eigenvalue weighted by atomic mass is 10.2. The number of hydrogen-bond donors (Lipinski definition) is 0. The minimum Gasteiger partial charge on any atom is -0.466 e. The van der Waals surface area contributed by atoms with Crippen LogP contribution in [0.4, 0.5) is 0 Å². The molecule has 1 aliphatic rings. The first-order valence-electron chi connectivity index (χ1n) is 8.08. The Morgan fingerprint density at radius 2 is 2.15 bits per heavy atom. The molecular weight excluding hydrogens is 356 g/mol.